The molecule has 8 nitrogen and oxygen atoms in total. The van der Waals surface area contributed by atoms with Gasteiger partial charge in [0, 0.05) is 12.1 Å². The Morgan fingerprint density at radius 2 is 1.66 bits per heavy atom. The van der Waals surface area contributed by atoms with E-state index in [9.17, 15) is 19.5 Å². The Morgan fingerprint density at radius 1 is 0.971 bits per heavy atom. The summed E-state index contributed by atoms with van der Waals surface area (Å²) in [7, 11) is 0. The predicted octanol–water partition coefficient (Wildman–Crippen LogP) is 3.36. The van der Waals surface area contributed by atoms with E-state index in [0.29, 0.717) is 16.8 Å². The maximum Gasteiger partial charge on any atom is 0.341 e. The molecule has 0 saturated carbocycles. The fourth-order valence-corrected chi connectivity index (χ4v) is 4.01. The molecular weight excluding hydrogens is 448 g/mol. The minimum absolute atomic E-state index is 0.122. The van der Waals surface area contributed by atoms with Crippen molar-refractivity contribution >= 4 is 23.5 Å². The zero-order valence-electron chi connectivity index (χ0n) is 19.5. The highest BCUT2D eigenvalue weighted by molar-refractivity contribution is 6.04. The van der Waals surface area contributed by atoms with Gasteiger partial charge in [-0.15, -0.1) is 0 Å². The predicted molar refractivity (Wildman–Crippen MR) is 131 cm³/mol. The molecule has 1 amide bonds. The molecule has 3 aromatic carbocycles. The van der Waals surface area contributed by atoms with E-state index in [2.05, 4.69) is 0 Å². The lowest BCUT2D eigenvalue weighted by Gasteiger charge is -2.42. The van der Waals surface area contributed by atoms with E-state index in [1.165, 1.54) is 11.8 Å². The normalized spacial score (nSPS) is 13.3. The van der Waals surface area contributed by atoms with Gasteiger partial charge in [0.15, 0.2) is 12.1 Å². The van der Waals surface area contributed by atoms with Crippen LogP contribution in [0.25, 0.3) is 0 Å². The summed E-state index contributed by atoms with van der Waals surface area (Å²) in [5.41, 5.74) is 6.30. The largest absolute Gasteiger partial charge is 0.482 e. The van der Waals surface area contributed by atoms with Crippen molar-refractivity contribution in [3.63, 3.8) is 0 Å². The van der Waals surface area contributed by atoms with E-state index >= 15 is 0 Å². The summed E-state index contributed by atoms with van der Waals surface area (Å²) in [5.74, 6) is -2.65. The van der Waals surface area contributed by atoms with Crippen molar-refractivity contribution in [2.75, 3.05) is 11.5 Å². The number of nitrogens with zero attached hydrogens (tertiary/aromatic N) is 1. The number of benzene rings is 3. The molecule has 0 heterocycles. The van der Waals surface area contributed by atoms with Gasteiger partial charge >= 0.3 is 11.9 Å². The Hall–Kier alpha value is -4.17. The Morgan fingerprint density at radius 3 is 2.26 bits per heavy atom. The molecule has 0 radical (unpaired) electrons. The van der Waals surface area contributed by atoms with Crippen molar-refractivity contribution in [1.82, 2.24) is 0 Å². The molecule has 8 heteroatoms. The average molecular weight is 477 g/mol. The number of aryl methyl sites for hydroxylation is 1. The van der Waals surface area contributed by atoms with E-state index < -0.39 is 36.0 Å². The molecule has 3 aromatic rings. The molecule has 0 aliphatic carbocycles. The Bertz CT molecular complexity index is 1210. The number of carboxylic acid groups (broad SMARTS) is 2. The average Bonchev–Trinajstić information content (AvgIpc) is 2.83. The Kier molecular flexibility index (Phi) is 7.88. The quantitative estimate of drug-likeness (QED) is 0.409. The monoisotopic (exact) mass is 476 g/mol. The number of rotatable bonds is 10. The molecule has 2 atom stereocenters. The summed E-state index contributed by atoms with van der Waals surface area (Å²) in [6.07, 6.45) is -0.122. The van der Waals surface area contributed by atoms with Crippen molar-refractivity contribution in [3.8, 4) is 5.75 Å². The van der Waals surface area contributed by atoms with Crippen LogP contribution in [0, 0.1) is 6.92 Å². The highest BCUT2D eigenvalue weighted by atomic mass is 16.5. The molecule has 0 saturated heterocycles. The number of anilines is 1. The van der Waals surface area contributed by atoms with Crippen molar-refractivity contribution in [2.45, 2.75) is 31.8 Å². The zero-order chi connectivity index (χ0) is 25.6. The first kappa shape index (κ1) is 25.5. The summed E-state index contributed by atoms with van der Waals surface area (Å²) >= 11 is 0. The third-order valence-corrected chi connectivity index (χ3v) is 5.58. The molecule has 3 rings (SSSR count). The van der Waals surface area contributed by atoms with Crippen LogP contribution in [-0.4, -0.2) is 40.7 Å². The van der Waals surface area contributed by atoms with Crippen LogP contribution in [0.15, 0.2) is 78.9 Å². The highest BCUT2D eigenvalue weighted by Gasteiger charge is 2.50. The summed E-state index contributed by atoms with van der Waals surface area (Å²) in [4.78, 5) is 38.9. The lowest BCUT2D eigenvalue weighted by Crippen LogP contribution is -2.59. The first-order valence-electron chi connectivity index (χ1n) is 11.0. The van der Waals surface area contributed by atoms with Gasteiger partial charge in [0.2, 0.25) is 5.91 Å². The van der Waals surface area contributed by atoms with E-state index in [1.807, 2.05) is 13.0 Å². The fraction of sp³-hybridized carbons (Fsp3) is 0.222. The second-order valence-corrected chi connectivity index (χ2v) is 8.34. The number of amides is 1. The summed E-state index contributed by atoms with van der Waals surface area (Å²) < 4.78 is 5.29. The Balaban J connectivity index is 2.26. The van der Waals surface area contributed by atoms with Gasteiger partial charge in [0.05, 0.1) is 6.04 Å². The van der Waals surface area contributed by atoms with Crippen LogP contribution >= 0.6 is 0 Å². The number of para-hydroxylation sites is 1. The zero-order valence-corrected chi connectivity index (χ0v) is 19.5. The van der Waals surface area contributed by atoms with Crippen LogP contribution in [0.3, 0.4) is 0 Å². The van der Waals surface area contributed by atoms with Crippen LogP contribution in [0.4, 0.5) is 5.69 Å². The minimum atomic E-state index is -1.86. The number of hydrogen-bond donors (Lipinski definition) is 3. The number of carbonyl (C=O) groups is 3. The third kappa shape index (κ3) is 5.67. The van der Waals surface area contributed by atoms with E-state index in [-0.39, 0.29) is 12.2 Å². The molecule has 0 aromatic heterocycles. The molecule has 0 aliphatic rings. The lowest BCUT2D eigenvalue weighted by molar-refractivity contribution is -0.146. The van der Waals surface area contributed by atoms with Gasteiger partial charge < -0.3 is 20.7 Å². The fourth-order valence-electron chi connectivity index (χ4n) is 4.01. The number of carbonyl (C=O) groups excluding carboxylic acids is 1. The maximum absolute atomic E-state index is 13.5. The van der Waals surface area contributed by atoms with Crippen LogP contribution < -0.4 is 15.4 Å². The molecule has 0 unspecified atom stereocenters. The van der Waals surface area contributed by atoms with E-state index in [1.54, 1.807) is 72.8 Å². The first-order chi connectivity index (χ1) is 16.6. The number of carboxylic acids is 2. The molecule has 0 fully saturated rings. The number of hydrogen-bond acceptors (Lipinski definition) is 5. The molecule has 182 valence electrons. The topological polar surface area (TPSA) is 130 Å². The van der Waals surface area contributed by atoms with Gasteiger partial charge in [0.25, 0.3) is 0 Å². The summed E-state index contributed by atoms with van der Waals surface area (Å²) in [6, 6.07) is 21.1. The van der Waals surface area contributed by atoms with Gasteiger partial charge in [-0.2, -0.15) is 0 Å². The molecular formula is C27H28N2O6. The smallest absolute Gasteiger partial charge is 0.341 e. The van der Waals surface area contributed by atoms with E-state index in [0.717, 1.165) is 5.56 Å². The molecule has 35 heavy (non-hydrogen) atoms. The van der Waals surface area contributed by atoms with Gasteiger partial charge in [-0.1, -0.05) is 60.2 Å². The number of nitrogens with two attached hydrogens (primary N) is 1. The highest BCUT2D eigenvalue weighted by Crippen LogP contribution is 2.38. The number of ether oxygens (including phenoxy) is 1. The second-order valence-electron chi connectivity index (χ2n) is 8.34. The SMILES string of the molecule is Cc1cccc([C@@](Cc2cccc(OCC(=O)O)c2)(C(=O)O)N(C(=O)[C@H](C)N)c2ccccc2)c1. The van der Waals surface area contributed by atoms with E-state index in [4.69, 9.17) is 15.6 Å². The number of aliphatic carboxylic acids is 2. The molecule has 4 N–H and O–H groups in total. The van der Waals surface area contributed by atoms with Gasteiger partial charge in [-0.25, -0.2) is 9.59 Å². The third-order valence-electron chi connectivity index (χ3n) is 5.58. The standard InChI is InChI=1S/C27H28N2O6/c1-18-8-6-10-21(14-18)27(26(33)34,16-20-9-7-13-23(15-20)35-17-24(30)31)29(25(32)19(2)28)22-11-4-3-5-12-22/h3-15,19H,16-17,28H2,1-2H3,(H,30,31)(H,33,34)/t19-,27-/m0/s1. The van der Waals surface area contributed by atoms with Crippen molar-refractivity contribution in [1.29, 1.82) is 0 Å². The van der Waals surface area contributed by atoms with Crippen LogP contribution in [0.5, 0.6) is 5.75 Å². The minimum Gasteiger partial charge on any atom is -0.482 e. The first-order valence-corrected chi connectivity index (χ1v) is 11.0. The van der Waals surface area contributed by atoms with Crippen LogP contribution in [0.2, 0.25) is 0 Å². The maximum atomic E-state index is 13.5. The summed E-state index contributed by atoms with van der Waals surface area (Å²) in [6.45, 7) is 2.82. The molecule has 0 spiro atoms. The summed E-state index contributed by atoms with van der Waals surface area (Å²) in [5, 5.41) is 19.7. The van der Waals surface area contributed by atoms with Crippen LogP contribution in [0.1, 0.15) is 23.6 Å². The van der Waals surface area contributed by atoms with Gasteiger partial charge in [0.1, 0.15) is 5.75 Å². The molecule has 0 bridgehead atoms. The lowest BCUT2D eigenvalue weighted by atomic mass is 9.80. The van der Waals surface area contributed by atoms with Crippen LogP contribution in [-0.2, 0) is 26.3 Å². The van der Waals surface area contributed by atoms with Crippen molar-refractivity contribution in [3.05, 3.63) is 95.6 Å². The van der Waals surface area contributed by atoms with Crippen molar-refractivity contribution in [2.24, 2.45) is 5.73 Å². The van der Waals surface area contributed by atoms with Crippen molar-refractivity contribution < 1.29 is 29.3 Å². The Labute approximate surface area is 203 Å². The molecule has 0 aliphatic heterocycles. The van der Waals surface area contributed by atoms with Gasteiger partial charge in [-0.05, 0) is 49.2 Å². The van der Waals surface area contributed by atoms with Gasteiger partial charge in [-0.3, -0.25) is 9.69 Å². The second kappa shape index (κ2) is 10.8.